The first-order chi connectivity index (χ1) is 16.8. The van der Waals surface area contributed by atoms with Crippen LogP contribution in [0.15, 0.2) is 49.1 Å². The summed E-state index contributed by atoms with van der Waals surface area (Å²) < 4.78 is 31.4. The molecule has 0 unspecified atom stereocenters. The van der Waals surface area contributed by atoms with Gasteiger partial charge >= 0.3 is 6.61 Å². The summed E-state index contributed by atoms with van der Waals surface area (Å²) in [5, 5.41) is 13.6. The number of aromatic amines is 1. The number of hydrogen-bond acceptors (Lipinski definition) is 6. The van der Waals surface area contributed by atoms with Gasteiger partial charge in [0, 0.05) is 43.0 Å². The Bertz CT molecular complexity index is 1360. The van der Waals surface area contributed by atoms with Gasteiger partial charge in [-0.25, -0.2) is 9.50 Å². The highest BCUT2D eigenvalue weighted by molar-refractivity contribution is 6.31. The van der Waals surface area contributed by atoms with Crippen molar-refractivity contribution in [2.24, 2.45) is 0 Å². The Morgan fingerprint density at radius 3 is 2.83 bits per heavy atom. The molecular formula is C22H20ClF2N7O3. The number of nitrogens with zero attached hydrogens (tertiary/aromatic N) is 5. The number of carbonyl (C=O) groups is 2. The van der Waals surface area contributed by atoms with E-state index in [-0.39, 0.29) is 28.3 Å². The van der Waals surface area contributed by atoms with Crippen molar-refractivity contribution in [3.8, 4) is 17.0 Å². The van der Waals surface area contributed by atoms with Gasteiger partial charge in [0.05, 0.1) is 23.8 Å². The summed E-state index contributed by atoms with van der Waals surface area (Å²) in [4.78, 5) is 29.1. The van der Waals surface area contributed by atoms with Crippen molar-refractivity contribution < 1.29 is 23.1 Å². The maximum Gasteiger partial charge on any atom is 0.387 e. The van der Waals surface area contributed by atoms with Crippen LogP contribution in [0.25, 0.3) is 16.9 Å². The smallest absolute Gasteiger partial charge is 0.387 e. The van der Waals surface area contributed by atoms with E-state index < -0.39 is 12.5 Å². The number of likely N-dealkylation sites (tertiary alicyclic amines) is 1. The van der Waals surface area contributed by atoms with Gasteiger partial charge in [0.2, 0.25) is 5.91 Å². The number of benzene rings is 1. The van der Waals surface area contributed by atoms with Crippen molar-refractivity contribution in [2.75, 3.05) is 18.9 Å². The third-order valence-electron chi connectivity index (χ3n) is 5.15. The molecule has 10 nitrogen and oxygen atoms in total. The van der Waals surface area contributed by atoms with Crippen molar-refractivity contribution in [1.82, 2.24) is 29.7 Å². The molecule has 1 saturated heterocycles. The van der Waals surface area contributed by atoms with Crippen LogP contribution in [0.1, 0.15) is 23.2 Å². The topological polar surface area (TPSA) is 118 Å². The molecule has 0 spiro atoms. The number of halogens is 3. The molecule has 1 fully saturated rings. The molecule has 4 aromatic rings. The summed E-state index contributed by atoms with van der Waals surface area (Å²) in [6, 6.07) is 5.84. The lowest BCUT2D eigenvalue weighted by Crippen LogP contribution is -2.17. The Morgan fingerprint density at radius 2 is 2.14 bits per heavy atom. The molecule has 0 aliphatic carbocycles. The number of hydrogen-bond donors (Lipinski definition) is 2. The van der Waals surface area contributed by atoms with Crippen LogP contribution in [0, 0.1) is 0 Å². The Kier molecular flexibility index (Phi) is 7.20. The van der Waals surface area contributed by atoms with Gasteiger partial charge in [-0.3, -0.25) is 14.7 Å². The van der Waals surface area contributed by atoms with E-state index >= 15 is 0 Å². The minimum atomic E-state index is -3.02. The van der Waals surface area contributed by atoms with Crippen molar-refractivity contribution in [1.29, 1.82) is 0 Å². The molecule has 1 aliphatic rings. The lowest BCUT2D eigenvalue weighted by atomic mass is 10.1. The van der Waals surface area contributed by atoms with Gasteiger partial charge in [0.15, 0.2) is 5.65 Å². The molecule has 35 heavy (non-hydrogen) atoms. The summed E-state index contributed by atoms with van der Waals surface area (Å²) in [6.45, 7) is -2.07. The molecule has 3 aromatic heterocycles. The molecular weight excluding hydrogens is 484 g/mol. The number of alkyl halides is 2. The highest BCUT2D eigenvalue weighted by atomic mass is 35.5. The minimum Gasteiger partial charge on any atom is -0.434 e. The highest BCUT2D eigenvalue weighted by Gasteiger charge is 2.20. The fourth-order valence-corrected chi connectivity index (χ4v) is 3.61. The Balaban J connectivity index is 0.000000356. The van der Waals surface area contributed by atoms with Crippen LogP contribution in [0.2, 0.25) is 5.02 Å². The number of rotatable bonds is 5. The number of fused-ring (bicyclic) bond motifs is 1. The monoisotopic (exact) mass is 503 g/mol. The summed E-state index contributed by atoms with van der Waals surface area (Å²) in [6.07, 6.45) is 7.73. The van der Waals surface area contributed by atoms with Crippen LogP contribution in [0.3, 0.4) is 0 Å². The van der Waals surface area contributed by atoms with E-state index in [0.717, 1.165) is 19.4 Å². The predicted molar refractivity (Wildman–Crippen MR) is 123 cm³/mol. The standard InChI is InChI=1S/C17H11ClF2N6O2.C5H9NO/c18-9-2-3-13(28-17(19)20)10(6-9)14-12(8-22-25-14)24-16(27)11-7-23-26-5-1-4-21-15(11)26;1-6-4-2-3-5(6)7/h1-8,17H,(H,22,25)(H,24,27);2-4H2,1H3. The van der Waals surface area contributed by atoms with Crippen molar-refractivity contribution in [2.45, 2.75) is 19.5 Å². The quantitative estimate of drug-likeness (QED) is 0.427. The first-order valence-corrected chi connectivity index (χ1v) is 10.8. The normalized spacial score (nSPS) is 13.2. The average molecular weight is 504 g/mol. The van der Waals surface area contributed by atoms with E-state index in [4.69, 9.17) is 11.6 Å². The minimum absolute atomic E-state index is 0.114. The third kappa shape index (κ3) is 5.54. The van der Waals surface area contributed by atoms with Gasteiger partial charge in [-0.15, -0.1) is 0 Å². The number of H-pyrrole nitrogens is 1. The second-order valence-electron chi connectivity index (χ2n) is 7.50. The van der Waals surface area contributed by atoms with Crippen molar-refractivity contribution in [3.05, 3.63) is 59.6 Å². The van der Waals surface area contributed by atoms with Gasteiger partial charge in [-0.1, -0.05) is 11.6 Å². The van der Waals surface area contributed by atoms with E-state index in [1.165, 1.54) is 41.3 Å². The molecule has 182 valence electrons. The first-order valence-electron chi connectivity index (χ1n) is 10.4. The molecule has 13 heteroatoms. The van der Waals surface area contributed by atoms with Crippen molar-refractivity contribution in [3.63, 3.8) is 0 Å². The number of carbonyl (C=O) groups excluding carboxylic acids is 2. The fraction of sp³-hybridized carbons (Fsp3) is 0.227. The number of ether oxygens (including phenoxy) is 1. The van der Waals surface area contributed by atoms with E-state index in [0.29, 0.717) is 16.6 Å². The predicted octanol–water partition coefficient (Wildman–Crippen LogP) is 3.87. The molecule has 0 radical (unpaired) electrons. The maximum absolute atomic E-state index is 12.7. The molecule has 0 atom stereocenters. The molecule has 5 rings (SSSR count). The van der Waals surface area contributed by atoms with Crippen molar-refractivity contribution >= 4 is 34.7 Å². The van der Waals surface area contributed by atoms with E-state index in [1.54, 1.807) is 17.2 Å². The maximum atomic E-state index is 12.7. The summed E-state index contributed by atoms with van der Waals surface area (Å²) in [5.74, 6) is -0.313. The van der Waals surface area contributed by atoms with Crippen LogP contribution >= 0.6 is 11.6 Å². The lowest BCUT2D eigenvalue weighted by molar-refractivity contribution is -0.126. The summed E-state index contributed by atoms with van der Waals surface area (Å²) in [7, 11) is 1.84. The van der Waals surface area contributed by atoms with Gasteiger partial charge in [0.25, 0.3) is 5.91 Å². The zero-order valence-corrected chi connectivity index (χ0v) is 19.2. The second-order valence-corrected chi connectivity index (χ2v) is 7.93. The summed E-state index contributed by atoms with van der Waals surface area (Å²) in [5.41, 5.74) is 1.34. The molecule has 2 N–H and O–H groups in total. The second kappa shape index (κ2) is 10.5. The molecule has 2 amide bonds. The van der Waals surface area contributed by atoms with E-state index in [1.807, 2.05) is 7.05 Å². The Labute approximate surface area is 202 Å². The number of aromatic nitrogens is 5. The lowest BCUT2D eigenvalue weighted by Gasteiger charge is -2.12. The number of nitrogens with one attached hydrogen (secondary N) is 2. The van der Waals surface area contributed by atoms with Crippen LogP contribution in [-0.2, 0) is 4.79 Å². The molecule has 1 aromatic carbocycles. The Hall–Kier alpha value is -4.06. The van der Waals surface area contributed by atoms with Gasteiger partial charge < -0.3 is 15.0 Å². The van der Waals surface area contributed by atoms with Crippen LogP contribution in [-0.4, -0.2) is 61.7 Å². The van der Waals surface area contributed by atoms with Gasteiger partial charge in [-0.05, 0) is 30.7 Å². The van der Waals surface area contributed by atoms with Crippen LogP contribution < -0.4 is 10.1 Å². The average Bonchev–Trinajstić information content (AvgIpc) is 3.56. The number of anilines is 1. The zero-order valence-electron chi connectivity index (χ0n) is 18.4. The summed E-state index contributed by atoms with van der Waals surface area (Å²) >= 11 is 5.99. The van der Waals surface area contributed by atoms with E-state index in [9.17, 15) is 18.4 Å². The zero-order chi connectivity index (χ0) is 24.9. The first kappa shape index (κ1) is 24.1. The molecule has 0 bridgehead atoms. The SMILES string of the molecule is CN1CCCC1=O.O=C(Nc1cn[nH]c1-c1cc(Cl)ccc1OC(F)F)c1cnn2cccnc12. The third-order valence-corrected chi connectivity index (χ3v) is 5.38. The van der Waals surface area contributed by atoms with Gasteiger partial charge in [-0.2, -0.15) is 19.0 Å². The van der Waals surface area contributed by atoms with Gasteiger partial charge in [0.1, 0.15) is 11.3 Å². The largest absolute Gasteiger partial charge is 0.434 e. The fourth-order valence-electron chi connectivity index (χ4n) is 3.44. The molecule has 4 heterocycles. The van der Waals surface area contributed by atoms with Crippen LogP contribution in [0.5, 0.6) is 5.75 Å². The number of amides is 2. The Morgan fingerprint density at radius 1 is 1.31 bits per heavy atom. The highest BCUT2D eigenvalue weighted by Crippen LogP contribution is 2.36. The van der Waals surface area contributed by atoms with Crippen LogP contribution in [0.4, 0.5) is 14.5 Å². The van der Waals surface area contributed by atoms with E-state index in [2.05, 4.69) is 30.3 Å². The molecule has 1 aliphatic heterocycles. The molecule has 0 saturated carbocycles.